The van der Waals surface area contributed by atoms with E-state index in [1.807, 2.05) is 4.90 Å². The largest absolute Gasteiger partial charge is 0.369 e. The summed E-state index contributed by atoms with van der Waals surface area (Å²) in [5, 5.41) is 3.11. The zero-order chi connectivity index (χ0) is 12.1. The van der Waals surface area contributed by atoms with Crippen LogP contribution in [-0.2, 0) is 4.79 Å². The summed E-state index contributed by atoms with van der Waals surface area (Å²) in [6.07, 6.45) is 4.27. The van der Waals surface area contributed by atoms with E-state index in [0.717, 1.165) is 36.4 Å². The van der Waals surface area contributed by atoms with Gasteiger partial charge < -0.3 is 10.2 Å². The van der Waals surface area contributed by atoms with Gasteiger partial charge in [0, 0.05) is 32.1 Å². The van der Waals surface area contributed by atoms with E-state index in [-0.39, 0.29) is 5.91 Å². The minimum absolute atomic E-state index is 0.225. The van der Waals surface area contributed by atoms with Gasteiger partial charge in [-0.25, -0.2) is 9.97 Å². The summed E-state index contributed by atoms with van der Waals surface area (Å²) >= 11 is 3.27. The highest BCUT2D eigenvalue weighted by Crippen LogP contribution is 2.11. The van der Waals surface area contributed by atoms with E-state index in [1.54, 1.807) is 6.07 Å². The number of hydrogen-bond acceptors (Lipinski definition) is 4. The molecule has 6 heteroatoms. The predicted molar refractivity (Wildman–Crippen MR) is 68.7 cm³/mol. The standard InChI is InChI=1S/C11H15BrN4O/c12-9-7-10(15-8-14-9)13-4-3-11(17)16-5-1-2-6-16/h7-8H,1-6H2,(H,13,14,15). The quantitative estimate of drug-likeness (QED) is 0.859. The minimum atomic E-state index is 0.225. The maximum absolute atomic E-state index is 11.7. The van der Waals surface area contributed by atoms with Crippen LogP contribution < -0.4 is 5.32 Å². The number of anilines is 1. The second-order valence-electron chi connectivity index (χ2n) is 3.99. The Bertz CT molecular complexity index is 393. The Labute approximate surface area is 109 Å². The molecule has 0 radical (unpaired) electrons. The van der Waals surface area contributed by atoms with Crippen LogP contribution in [0.15, 0.2) is 17.0 Å². The maximum Gasteiger partial charge on any atom is 0.224 e. The number of carbonyl (C=O) groups is 1. The Morgan fingerprint density at radius 2 is 2.18 bits per heavy atom. The molecule has 2 heterocycles. The molecule has 1 amide bonds. The van der Waals surface area contributed by atoms with E-state index < -0.39 is 0 Å². The Morgan fingerprint density at radius 1 is 1.41 bits per heavy atom. The molecule has 5 nitrogen and oxygen atoms in total. The second kappa shape index (κ2) is 5.95. The number of halogens is 1. The van der Waals surface area contributed by atoms with Crippen molar-refractivity contribution < 1.29 is 4.79 Å². The highest BCUT2D eigenvalue weighted by molar-refractivity contribution is 9.10. The lowest BCUT2D eigenvalue weighted by atomic mass is 10.3. The van der Waals surface area contributed by atoms with Crippen LogP contribution in [0, 0.1) is 0 Å². The molecule has 0 unspecified atom stereocenters. The summed E-state index contributed by atoms with van der Waals surface area (Å²) in [7, 11) is 0. The molecule has 1 aromatic heterocycles. The molecular weight excluding hydrogens is 284 g/mol. The summed E-state index contributed by atoms with van der Waals surface area (Å²) in [5.41, 5.74) is 0. The van der Waals surface area contributed by atoms with E-state index >= 15 is 0 Å². The fraction of sp³-hybridized carbons (Fsp3) is 0.545. The van der Waals surface area contributed by atoms with Gasteiger partial charge in [-0.05, 0) is 28.8 Å². The molecule has 0 saturated carbocycles. The van der Waals surface area contributed by atoms with Gasteiger partial charge in [-0.1, -0.05) is 0 Å². The molecule has 1 aliphatic rings. The van der Waals surface area contributed by atoms with Crippen molar-refractivity contribution in [2.45, 2.75) is 19.3 Å². The zero-order valence-electron chi connectivity index (χ0n) is 9.53. The fourth-order valence-electron chi connectivity index (χ4n) is 1.85. The molecule has 0 atom stereocenters. The SMILES string of the molecule is O=C(CCNc1cc(Br)ncn1)N1CCCC1. The summed E-state index contributed by atoms with van der Waals surface area (Å²) in [4.78, 5) is 21.7. The highest BCUT2D eigenvalue weighted by atomic mass is 79.9. The number of rotatable bonds is 4. The summed E-state index contributed by atoms with van der Waals surface area (Å²) in [6, 6.07) is 1.79. The van der Waals surface area contributed by atoms with Crippen molar-refractivity contribution in [1.82, 2.24) is 14.9 Å². The highest BCUT2D eigenvalue weighted by Gasteiger charge is 2.16. The molecule has 92 valence electrons. The lowest BCUT2D eigenvalue weighted by Gasteiger charge is -2.15. The number of carbonyl (C=O) groups excluding carboxylic acids is 1. The van der Waals surface area contributed by atoms with Crippen LogP contribution >= 0.6 is 15.9 Å². The Kier molecular flexibility index (Phi) is 4.30. The lowest BCUT2D eigenvalue weighted by Crippen LogP contribution is -2.29. The molecular formula is C11H15BrN4O. The Balaban J connectivity index is 1.73. The number of likely N-dealkylation sites (tertiary alicyclic amines) is 1. The van der Waals surface area contributed by atoms with E-state index in [4.69, 9.17) is 0 Å². The Hall–Kier alpha value is -1.17. The first kappa shape index (κ1) is 12.3. The van der Waals surface area contributed by atoms with Crippen LogP contribution in [0.3, 0.4) is 0 Å². The first-order valence-corrected chi connectivity index (χ1v) is 6.54. The monoisotopic (exact) mass is 298 g/mol. The molecule has 1 saturated heterocycles. The van der Waals surface area contributed by atoms with Gasteiger partial charge in [0.25, 0.3) is 0 Å². The first-order valence-electron chi connectivity index (χ1n) is 5.75. The minimum Gasteiger partial charge on any atom is -0.369 e. The predicted octanol–water partition coefficient (Wildman–Crippen LogP) is 1.66. The van der Waals surface area contributed by atoms with Crippen LogP contribution in [0.25, 0.3) is 0 Å². The second-order valence-corrected chi connectivity index (χ2v) is 4.80. The van der Waals surface area contributed by atoms with Gasteiger partial charge >= 0.3 is 0 Å². The molecule has 17 heavy (non-hydrogen) atoms. The van der Waals surface area contributed by atoms with Crippen molar-refractivity contribution >= 4 is 27.7 Å². The molecule has 1 aliphatic heterocycles. The molecule has 1 aromatic rings. The first-order chi connectivity index (χ1) is 8.25. The average molecular weight is 299 g/mol. The van der Waals surface area contributed by atoms with Crippen LogP contribution in [0.1, 0.15) is 19.3 Å². The van der Waals surface area contributed by atoms with Gasteiger partial charge in [0.1, 0.15) is 16.7 Å². The number of hydrogen-bond donors (Lipinski definition) is 1. The molecule has 1 N–H and O–H groups in total. The van der Waals surface area contributed by atoms with Gasteiger partial charge in [-0.2, -0.15) is 0 Å². The number of nitrogens with zero attached hydrogens (tertiary/aromatic N) is 3. The molecule has 2 rings (SSSR count). The smallest absolute Gasteiger partial charge is 0.224 e. The van der Waals surface area contributed by atoms with Gasteiger partial charge in [0.15, 0.2) is 0 Å². The van der Waals surface area contributed by atoms with Crippen LogP contribution in [0.2, 0.25) is 0 Å². The van der Waals surface area contributed by atoms with E-state index in [9.17, 15) is 4.79 Å². The van der Waals surface area contributed by atoms with Crippen LogP contribution in [0.4, 0.5) is 5.82 Å². The normalized spacial score (nSPS) is 15.0. The van der Waals surface area contributed by atoms with E-state index in [1.165, 1.54) is 6.33 Å². The fourth-order valence-corrected chi connectivity index (χ4v) is 2.16. The van der Waals surface area contributed by atoms with E-state index in [2.05, 4.69) is 31.2 Å². The van der Waals surface area contributed by atoms with Crippen molar-refractivity contribution in [3.63, 3.8) is 0 Å². The van der Waals surface area contributed by atoms with Gasteiger partial charge in [-0.15, -0.1) is 0 Å². The molecule has 1 fully saturated rings. The average Bonchev–Trinajstić information content (AvgIpc) is 2.82. The number of amides is 1. The molecule has 0 spiro atoms. The molecule has 0 aliphatic carbocycles. The topological polar surface area (TPSA) is 58.1 Å². The van der Waals surface area contributed by atoms with Crippen LogP contribution in [-0.4, -0.2) is 40.4 Å². The third kappa shape index (κ3) is 3.66. The van der Waals surface area contributed by atoms with Crippen molar-refractivity contribution in [3.8, 4) is 0 Å². The summed E-state index contributed by atoms with van der Waals surface area (Å²) in [6.45, 7) is 2.44. The summed E-state index contributed by atoms with van der Waals surface area (Å²) in [5.74, 6) is 0.962. The van der Waals surface area contributed by atoms with Crippen molar-refractivity contribution in [2.75, 3.05) is 25.0 Å². The number of aromatic nitrogens is 2. The lowest BCUT2D eigenvalue weighted by molar-refractivity contribution is -0.129. The number of nitrogens with one attached hydrogen (secondary N) is 1. The van der Waals surface area contributed by atoms with Gasteiger partial charge in [0.2, 0.25) is 5.91 Å². The molecule has 0 bridgehead atoms. The van der Waals surface area contributed by atoms with E-state index in [0.29, 0.717) is 13.0 Å². The zero-order valence-corrected chi connectivity index (χ0v) is 11.1. The van der Waals surface area contributed by atoms with Gasteiger partial charge in [-0.3, -0.25) is 4.79 Å². The van der Waals surface area contributed by atoms with Crippen molar-refractivity contribution in [3.05, 3.63) is 17.0 Å². The van der Waals surface area contributed by atoms with Crippen molar-refractivity contribution in [2.24, 2.45) is 0 Å². The summed E-state index contributed by atoms with van der Waals surface area (Å²) < 4.78 is 0.737. The van der Waals surface area contributed by atoms with Gasteiger partial charge in [0.05, 0.1) is 0 Å². The molecule has 0 aromatic carbocycles. The van der Waals surface area contributed by atoms with Crippen LogP contribution in [0.5, 0.6) is 0 Å². The third-order valence-electron chi connectivity index (χ3n) is 2.74. The van der Waals surface area contributed by atoms with Crippen molar-refractivity contribution in [1.29, 1.82) is 0 Å². The maximum atomic E-state index is 11.7. The third-order valence-corrected chi connectivity index (χ3v) is 3.17. The Morgan fingerprint density at radius 3 is 2.88 bits per heavy atom.